The minimum absolute atomic E-state index is 0.178. The van der Waals surface area contributed by atoms with Gasteiger partial charge in [-0.25, -0.2) is 0 Å². The van der Waals surface area contributed by atoms with Gasteiger partial charge in [0.2, 0.25) is 5.91 Å². The quantitative estimate of drug-likeness (QED) is 0.687. The number of methoxy groups -OCH3 is 2. The van der Waals surface area contributed by atoms with E-state index in [0.717, 1.165) is 38.3 Å². The van der Waals surface area contributed by atoms with Crippen LogP contribution < -0.4 is 4.74 Å². The molecule has 1 atom stereocenters. The summed E-state index contributed by atoms with van der Waals surface area (Å²) < 4.78 is 10.2. The van der Waals surface area contributed by atoms with Gasteiger partial charge in [-0.05, 0) is 49.4 Å². The molecule has 1 amide bonds. The van der Waals surface area contributed by atoms with Crippen molar-refractivity contribution in [3.05, 3.63) is 29.8 Å². The Morgan fingerprint density at radius 1 is 1.28 bits per heavy atom. The summed E-state index contributed by atoms with van der Waals surface area (Å²) in [5.41, 5.74) is 1.34. The Bertz CT molecular complexity index is 518. The van der Waals surface area contributed by atoms with Crippen molar-refractivity contribution >= 4 is 5.91 Å². The summed E-state index contributed by atoms with van der Waals surface area (Å²) in [6.07, 6.45) is 3.95. The lowest BCUT2D eigenvalue weighted by Gasteiger charge is -2.34. The molecule has 2 rings (SSSR count). The fourth-order valence-electron chi connectivity index (χ4n) is 3.45. The van der Waals surface area contributed by atoms with Gasteiger partial charge in [0.05, 0.1) is 20.1 Å². The molecule has 0 aliphatic carbocycles. The van der Waals surface area contributed by atoms with E-state index in [4.69, 9.17) is 9.47 Å². The van der Waals surface area contributed by atoms with Gasteiger partial charge in [-0.1, -0.05) is 12.1 Å². The molecule has 1 aromatic carbocycles. The van der Waals surface area contributed by atoms with E-state index in [1.807, 2.05) is 24.1 Å². The zero-order chi connectivity index (χ0) is 18.1. The van der Waals surface area contributed by atoms with Crippen molar-refractivity contribution in [3.8, 4) is 5.75 Å². The first-order chi connectivity index (χ1) is 12.1. The van der Waals surface area contributed by atoms with E-state index >= 15 is 0 Å². The highest BCUT2D eigenvalue weighted by molar-refractivity contribution is 5.75. The van der Waals surface area contributed by atoms with Crippen molar-refractivity contribution in [2.45, 2.75) is 25.7 Å². The van der Waals surface area contributed by atoms with Crippen LogP contribution in [-0.2, 0) is 16.0 Å². The van der Waals surface area contributed by atoms with E-state index in [0.29, 0.717) is 18.9 Å². The third-order valence-corrected chi connectivity index (χ3v) is 4.96. The Morgan fingerprint density at radius 2 is 2.04 bits per heavy atom. The van der Waals surface area contributed by atoms with Crippen LogP contribution in [0.25, 0.3) is 0 Å². The Kier molecular flexibility index (Phi) is 8.22. The van der Waals surface area contributed by atoms with Crippen LogP contribution in [0.4, 0.5) is 0 Å². The van der Waals surface area contributed by atoms with Gasteiger partial charge in [0.25, 0.3) is 0 Å². The SMILES string of the molecule is COCCC(=O)N(C)CC1CCCN(CCc2ccc(OC)cc2)C1. The molecule has 1 unspecified atom stereocenters. The van der Waals surface area contributed by atoms with Gasteiger partial charge in [-0.3, -0.25) is 4.79 Å². The van der Waals surface area contributed by atoms with E-state index in [1.54, 1.807) is 14.2 Å². The average Bonchev–Trinajstić information content (AvgIpc) is 2.65. The third-order valence-electron chi connectivity index (χ3n) is 4.96. The fraction of sp³-hybridized carbons (Fsp3) is 0.650. The first kappa shape index (κ1) is 19.7. The predicted molar refractivity (Wildman–Crippen MR) is 100.0 cm³/mol. The number of carbonyl (C=O) groups is 1. The molecule has 0 saturated carbocycles. The largest absolute Gasteiger partial charge is 0.497 e. The maximum Gasteiger partial charge on any atom is 0.224 e. The van der Waals surface area contributed by atoms with Gasteiger partial charge in [-0.2, -0.15) is 0 Å². The summed E-state index contributed by atoms with van der Waals surface area (Å²) in [5, 5.41) is 0. The van der Waals surface area contributed by atoms with Gasteiger partial charge >= 0.3 is 0 Å². The molecule has 0 bridgehead atoms. The second kappa shape index (κ2) is 10.4. The number of amides is 1. The molecule has 0 spiro atoms. The minimum Gasteiger partial charge on any atom is -0.497 e. The number of ether oxygens (including phenoxy) is 2. The van der Waals surface area contributed by atoms with Crippen LogP contribution in [0, 0.1) is 5.92 Å². The molecule has 0 radical (unpaired) electrons. The van der Waals surface area contributed by atoms with E-state index < -0.39 is 0 Å². The maximum absolute atomic E-state index is 12.0. The topological polar surface area (TPSA) is 42.0 Å². The number of piperidine rings is 1. The predicted octanol–water partition coefficient (Wildman–Crippen LogP) is 2.44. The molecule has 5 nitrogen and oxygen atoms in total. The molecule has 1 saturated heterocycles. The third kappa shape index (κ3) is 6.67. The van der Waals surface area contributed by atoms with Crippen molar-refractivity contribution in [2.75, 3.05) is 54.1 Å². The van der Waals surface area contributed by atoms with Gasteiger partial charge < -0.3 is 19.3 Å². The van der Waals surface area contributed by atoms with Crippen molar-refractivity contribution in [1.82, 2.24) is 9.80 Å². The highest BCUT2D eigenvalue weighted by atomic mass is 16.5. The summed E-state index contributed by atoms with van der Waals surface area (Å²) in [4.78, 5) is 16.4. The van der Waals surface area contributed by atoms with Gasteiger partial charge in [-0.15, -0.1) is 0 Å². The number of hydrogen-bond donors (Lipinski definition) is 0. The molecule has 1 aliphatic rings. The number of nitrogens with zero attached hydrogens (tertiary/aromatic N) is 2. The van der Waals surface area contributed by atoms with Crippen LogP contribution in [0.15, 0.2) is 24.3 Å². The summed E-state index contributed by atoms with van der Waals surface area (Å²) in [5.74, 6) is 1.65. The number of rotatable bonds is 9. The van der Waals surface area contributed by atoms with E-state index in [1.165, 1.54) is 18.4 Å². The molecule has 1 fully saturated rings. The highest BCUT2D eigenvalue weighted by Crippen LogP contribution is 2.19. The van der Waals surface area contributed by atoms with Crippen LogP contribution in [0.5, 0.6) is 5.75 Å². The molecular formula is C20H32N2O3. The fourth-order valence-corrected chi connectivity index (χ4v) is 3.45. The second-order valence-corrected chi connectivity index (χ2v) is 6.92. The Balaban J connectivity index is 1.75. The lowest BCUT2D eigenvalue weighted by Crippen LogP contribution is -2.42. The lowest BCUT2D eigenvalue weighted by atomic mass is 9.97. The molecule has 0 N–H and O–H groups in total. The molecule has 1 aromatic rings. The van der Waals surface area contributed by atoms with Crippen LogP contribution in [0.2, 0.25) is 0 Å². The molecule has 25 heavy (non-hydrogen) atoms. The minimum atomic E-state index is 0.178. The zero-order valence-electron chi connectivity index (χ0n) is 15.9. The highest BCUT2D eigenvalue weighted by Gasteiger charge is 2.22. The molecule has 0 aromatic heterocycles. The van der Waals surface area contributed by atoms with E-state index in [2.05, 4.69) is 17.0 Å². The van der Waals surface area contributed by atoms with Crippen molar-refractivity contribution in [3.63, 3.8) is 0 Å². The van der Waals surface area contributed by atoms with Crippen molar-refractivity contribution in [1.29, 1.82) is 0 Å². The normalized spacial score (nSPS) is 18.1. The number of benzene rings is 1. The van der Waals surface area contributed by atoms with Gasteiger partial charge in [0.1, 0.15) is 5.75 Å². The monoisotopic (exact) mass is 348 g/mol. The zero-order valence-corrected chi connectivity index (χ0v) is 15.9. The number of likely N-dealkylation sites (tertiary alicyclic amines) is 1. The molecular weight excluding hydrogens is 316 g/mol. The standard InChI is InChI=1S/C20H32N2O3/c1-21(20(23)11-14-24-2)15-18-5-4-12-22(16-18)13-10-17-6-8-19(25-3)9-7-17/h6-9,18H,4-5,10-16H2,1-3H3. The summed E-state index contributed by atoms with van der Waals surface area (Å²) >= 11 is 0. The average molecular weight is 348 g/mol. The van der Waals surface area contributed by atoms with Crippen LogP contribution in [0.3, 0.4) is 0 Å². The van der Waals surface area contributed by atoms with Crippen LogP contribution >= 0.6 is 0 Å². The summed E-state index contributed by atoms with van der Waals surface area (Å²) in [7, 11) is 5.24. The first-order valence-corrected chi connectivity index (χ1v) is 9.20. The Morgan fingerprint density at radius 3 is 2.72 bits per heavy atom. The number of hydrogen-bond acceptors (Lipinski definition) is 4. The molecule has 5 heteroatoms. The van der Waals surface area contributed by atoms with Gasteiger partial charge in [0.15, 0.2) is 0 Å². The lowest BCUT2D eigenvalue weighted by molar-refractivity contribution is -0.131. The van der Waals surface area contributed by atoms with Crippen LogP contribution in [0.1, 0.15) is 24.8 Å². The molecule has 1 heterocycles. The first-order valence-electron chi connectivity index (χ1n) is 9.20. The molecule has 140 valence electrons. The van der Waals surface area contributed by atoms with Crippen molar-refractivity contribution < 1.29 is 14.3 Å². The summed E-state index contributed by atoms with van der Waals surface area (Å²) in [6, 6.07) is 8.33. The van der Waals surface area contributed by atoms with E-state index in [9.17, 15) is 4.79 Å². The van der Waals surface area contributed by atoms with Gasteiger partial charge in [0, 0.05) is 33.8 Å². The van der Waals surface area contributed by atoms with Crippen molar-refractivity contribution in [2.24, 2.45) is 5.92 Å². The summed E-state index contributed by atoms with van der Waals surface area (Å²) in [6.45, 7) is 4.67. The Hall–Kier alpha value is -1.59. The Labute approximate surface area is 151 Å². The van der Waals surface area contributed by atoms with E-state index in [-0.39, 0.29) is 5.91 Å². The maximum atomic E-state index is 12.0. The van der Waals surface area contributed by atoms with Crippen LogP contribution in [-0.4, -0.2) is 69.8 Å². The second-order valence-electron chi connectivity index (χ2n) is 6.92. The molecule has 1 aliphatic heterocycles. The number of carbonyl (C=O) groups excluding carboxylic acids is 1. The smallest absolute Gasteiger partial charge is 0.224 e.